The Morgan fingerprint density at radius 2 is 1.92 bits per heavy atom. The second-order valence-electron chi connectivity index (χ2n) is 9.42. The summed E-state index contributed by atoms with van der Waals surface area (Å²) < 4.78 is 38.7. The minimum Gasteiger partial charge on any atom is -0.368 e. The Balaban J connectivity index is 1.30. The molecule has 0 bridgehead atoms. The lowest BCUT2D eigenvalue weighted by molar-refractivity contribution is -0.141. The summed E-state index contributed by atoms with van der Waals surface area (Å²) in [4.78, 5) is 24.3. The number of hydrogen-bond donors (Lipinski definition) is 2. The number of halogens is 3. The van der Waals surface area contributed by atoms with Gasteiger partial charge in [0, 0.05) is 40.5 Å². The Morgan fingerprint density at radius 1 is 1.11 bits per heavy atom. The molecule has 6 rings (SSSR count). The highest BCUT2D eigenvalue weighted by Gasteiger charge is 2.32. The fourth-order valence-electron chi connectivity index (χ4n) is 4.60. The third-order valence-electron chi connectivity index (χ3n) is 6.71. The van der Waals surface area contributed by atoms with Crippen LogP contribution >= 0.6 is 11.3 Å². The van der Waals surface area contributed by atoms with Crippen LogP contribution in [0, 0.1) is 0 Å². The SMILES string of the molecule is O=C(NC1CC1)c1cc2c(s1)-c1ccccc1N(C(O)c1cccc(-c3ccc(C(F)(F)F)nc3)n1)CC2. The van der Waals surface area contributed by atoms with Crippen LogP contribution in [0.1, 0.15) is 45.7 Å². The number of hydrogen-bond acceptors (Lipinski definition) is 6. The fraction of sp³-hybridized carbons (Fsp3) is 0.250. The Bertz CT molecular complexity index is 1500. The van der Waals surface area contributed by atoms with Crippen molar-refractivity contribution >= 4 is 22.9 Å². The number of thiophene rings is 1. The number of para-hydroxylation sites is 1. The van der Waals surface area contributed by atoms with E-state index in [0.717, 1.165) is 46.8 Å². The van der Waals surface area contributed by atoms with Gasteiger partial charge in [-0.25, -0.2) is 4.98 Å². The molecule has 6 nitrogen and oxygen atoms in total. The van der Waals surface area contributed by atoms with Gasteiger partial charge in [-0.05, 0) is 61.2 Å². The van der Waals surface area contributed by atoms with Gasteiger partial charge in [-0.1, -0.05) is 24.3 Å². The molecule has 1 fully saturated rings. The third kappa shape index (κ3) is 4.77. The summed E-state index contributed by atoms with van der Waals surface area (Å²) in [5, 5.41) is 14.5. The number of alkyl halides is 3. The third-order valence-corrected chi connectivity index (χ3v) is 7.91. The van der Waals surface area contributed by atoms with Gasteiger partial charge in [0.1, 0.15) is 5.69 Å². The zero-order valence-corrected chi connectivity index (χ0v) is 20.9. The number of carbonyl (C=O) groups is 1. The van der Waals surface area contributed by atoms with Gasteiger partial charge >= 0.3 is 6.18 Å². The maximum Gasteiger partial charge on any atom is 0.433 e. The Hall–Kier alpha value is -3.76. The monoisotopic (exact) mass is 536 g/mol. The average Bonchev–Trinajstić information content (AvgIpc) is 3.66. The molecule has 2 N–H and O–H groups in total. The number of nitrogens with one attached hydrogen (secondary N) is 1. The van der Waals surface area contributed by atoms with Crippen molar-refractivity contribution in [2.75, 3.05) is 11.4 Å². The number of aliphatic hydroxyl groups excluding tert-OH is 1. The topological polar surface area (TPSA) is 78.4 Å². The maximum atomic E-state index is 12.9. The van der Waals surface area contributed by atoms with E-state index in [4.69, 9.17) is 0 Å². The number of nitrogens with zero attached hydrogens (tertiary/aromatic N) is 3. The molecule has 38 heavy (non-hydrogen) atoms. The number of amides is 1. The van der Waals surface area contributed by atoms with E-state index in [9.17, 15) is 23.1 Å². The number of benzene rings is 1. The summed E-state index contributed by atoms with van der Waals surface area (Å²) >= 11 is 1.46. The van der Waals surface area contributed by atoms with Gasteiger partial charge in [0.15, 0.2) is 6.23 Å². The summed E-state index contributed by atoms with van der Waals surface area (Å²) in [6.07, 6.45) is -1.80. The van der Waals surface area contributed by atoms with Crippen molar-refractivity contribution in [3.63, 3.8) is 0 Å². The van der Waals surface area contributed by atoms with Crippen molar-refractivity contribution in [2.24, 2.45) is 0 Å². The molecule has 0 spiro atoms. The molecule has 2 aliphatic rings. The van der Waals surface area contributed by atoms with E-state index in [1.165, 1.54) is 17.4 Å². The van der Waals surface area contributed by atoms with E-state index in [1.54, 1.807) is 18.2 Å². The summed E-state index contributed by atoms with van der Waals surface area (Å²) in [7, 11) is 0. The zero-order valence-electron chi connectivity index (χ0n) is 20.1. The highest BCUT2D eigenvalue weighted by atomic mass is 32.1. The normalized spacial score (nSPS) is 15.8. The smallest absolute Gasteiger partial charge is 0.368 e. The van der Waals surface area contributed by atoms with Gasteiger partial charge in [-0.2, -0.15) is 13.2 Å². The van der Waals surface area contributed by atoms with Gasteiger partial charge in [0.25, 0.3) is 5.91 Å². The largest absolute Gasteiger partial charge is 0.433 e. The van der Waals surface area contributed by atoms with E-state index >= 15 is 0 Å². The predicted octanol–water partition coefficient (Wildman–Crippen LogP) is 5.84. The first-order valence-corrected chi connectivity index (χ1v) is 13.1. The molecule has 1 atom stereocenters. The van der Waals surface area contributed by atoms with Gasteiger partial charge < -0.3 is 15.3 Å². The fourth-order valence-corrected chi connectivity index (χ4v) is 5.75. The molecule has 0 radical (unpaired) electrons. The average molecular weight is 537 g/mol. The lowest BCUT2D eigenvalue weighted by atomic mass is 10.1. The highest BCUT2D eigenvalue weighted by Crippen LogP contribution is 2.43. The van der Waals surface area contributed by atoms with Gasteiger partial charge in [-0.15, -0.1) is 11.3 Å². The number of aromatic nitrogens is 2. The van der Waals surface area contributed by atoms with Gasteiger partial charge in [-0.3, -0.25) is 9.78 Å². The Labute approximate surface area is 220 Å². The van der Waals surface area contributed by atoms with Crippen LogP contribution in [0.3, 0.4) is 0 Å². The molecule has 1 aliphatic carbocycles. The Morgan fingerprint density at radius 3 is 2.66 bits per heavy atom. The van der Waals surface area contributed by atoms with Crippen LogP contribution in [0.2, 0.25) is 0 Å². The molecule has 0 saturated heterocycles. The van der Waals surface area contributed by atoms with Crippen LogP contribution in [-0.2, 0) is 12.6 Å². The summed E-state index contributed by atoms with van der Waals surface area (Å²) in [5.41, 5.74) is 3.02. The van der Waals surface area contributed by atoms with Gasteiger partial charge in [0.05, 0.1) is 16.3 Å². The van der Waals surface area contributed by atoms with Crippen molar-refractivity contribution < 1.29 is 23.1 Å². The number of anilines is 1. The van der Waals surface area contributed by atoms with Crippen LogP contribution in [0.4, 0.5) is 18.9 Å². The number of aliphatic hydroxyl groups is 1. The summed E-state index contributed by atoms with van der Waals surface area (Å²) in [6, 6.07) is 17.3. The minimum absolute atomic E-state index is 0.0429. The molecule has 194 valence electrons. The minimum atomic E-state index is -4.52. The van der Waals surface area contributed by atoms with Crippen LogP contribution in [-0.4, -0.2) is 33.6 Å². The van der Waals surface area contributed by atoms with E-state index in [1.807, 2.05) is 35.2 Å². The molecule has 10 heteroatoms. The summed E-state index contributed by atoms with van der Waals surface area (Å²) in [6.45, 7) is 0.485. The quantitative estimate of drug-likeness (QED) is 0.335. The molecule has 1 aromatic carbocycles. The standard InChI is InChI=1S/C28H23F3N4O2S/c29-28(30,31)24-11-8-17(15-32-24)20-5-3-6-21(34-20)27(37)35-13-12-16-14-23(26(36)33-18-9-10-18)38-25(16)19-4-1-2-7-22(19)35/h1-8,11,14-15,18,27,37H,9-10,12-13H2,(H,33,36). The van der Waals surface area contributed by atoms with Crippen molar-refractivity contribution in [1.29, 1.82) is 0 Å². The van der Waals surface area contributed by atoms with Gasteiger partial charge in [0.2, 0.25) is 0 Å². The first-order chi connectivity index (χ1) is 18.3. The molecule has 1 amide bonds. The van der Waals surface area contributed by atoms with E-state index in [2.05, 4.69) is 15.3 Å². The van der Waals surface area contributed by atoms with Crippen molar-refractivity contribution in [1.82, 2.24) is 15.3 Å². The van der Waals surface area contributed by atoms with Crippen molar-refractivity contribution in [3.8, 4) is 21.7 Å². The number of fused-ring (bicyclic) bond motifs is 3. The van der Waals surface area contributed by atoms with Crippen LogP contribution in [0.25, 0.3) is 21.7 Å². The maximum absolute atomic E-state index is 12.9. The second-order valence-corrected chi connectivity index (χ2v) is 10.5. The lowest BCUT2D eigenvalue weighted by Gasteiger charge is -2.30. The van der Waals surface area contributed by atoms with Crippen LogP contribution < -0.4 is 10.2 Å². The first-order valence-electron chi connectivity index (χ1n) is 12.3. The number of pyridine rings is 2. The zero-order chi connectivity index (χ0) is 26.4. The molecule has 4 aromatic rings. The predicted molar refractivity (Wildman–Crippen MR) is 139 cm³/mol. The van der Waals surface area contributed by atoms with E-state index in [-0.39, 0.29) is 11.9 Å². The molecular formula is C28H23F3N4O2S. The second kappa shape index (κ2) is 9.52. The van der Waals surface area contributed by atoms with E-state index in [0.29, 0.717) is 34.8 Å². The number of rotatable bonds is 5. The molecule has 4 heterocycles. The molecule has 1 unspecified atom stereocenters. The number of carbonyl (C=O) groups excluding carboxylic acids is 1. The van der Waals surface area contributed by atoms with Crippen LogP contribution in [0.15, 0.2) is 66.9 Å². The molecular weight excluding hydrogens is 513 g/mol. The molecule has 1 saturated carbocycles. The summed E-state index contributed by atoms with van der Waals surface area (Å²) in [5.74, 6) is -0.0429. The molecule has 1 aliphatic heterocycles. The van der Waals surface area contributed by atoms with Crippen LogP contribution in [0.5, 0.6) is 0 Å². The first kappa shape index (κ1) is 24.6. The van der Waals surface area contributed by atoms with E-state index < -0.39 is 18.1 Å². The Kier molecular flexibility index (Phi) is 6.16. The highest BCUT2D eigenvalue weighted by molar-refractivity contribution is 7.17. The lowest BCUT2D eigenvalue weighted by Crippen LogP contribution is -2.31. The van der Waals surface area contributed by atoms with Crippen molar-refractivity contribution in [3.05, 3.63) is 88.7 Å². The molecule has 3 aromatic heterocycles. The van der Waals surface area contributed by atoms with Crippen molar-refractivity contribution in [2.45, 2.75) is 37.7 Å².